The van der Waals surface area contributed by atoms with Gasteiger partial charge in [0.25, 0.3) is 0 Å². The molecule has 0 aliphatic rings. The van der Waals surface area contributed by atoms with E-state index in [0.717, 1.165) is 11.3 Å². The molecule has 1 aromatic heterocycles. The number of carboxylic acid groups (broad SMARTS) is 1. The van der Waals surface area contributed by atoms with Crippen LogP contribution in [0.2, 0.25) is 0 Å². The summed E-state index contributed by atoms with van der Waals surface area (Å²) in [5, 5.41) is 18.7. The number of carboxylic acids is 1. The van der Waals surface area contributed by atoms with E-state index < -0.39 is 5.97 Å². The lowest BCUT2D eigenvalue weighted by atomic mass is 10.1. The maximum Gasteiger partial charge on any atom is 0.352 e. The lowest BCUT2D eigenvalue weighted by Crippen LogP contribution is -2.11. The molecule has 0 atom stereocenters. The molecular weight excluding hydrogens is 230 g/mol. The third kappa shape index (κ3) is 2.09. The van der Waals surface area contributed by atoms with Crippen molar-refractivity contribution >= 4 is 5.97 Å². The molecule has 1 aromatic carbocycles. The Morgan fingerprint density at radius 2 is 1.94 bits per heavy atom. The molecule has 0 amide bonds. The molecule has 0 fully saturated rings. The highest BCUT2D eigenvalue weighted by atomic mass is 16.4. The molecule has 4 nitrogen and oxygen atoms in total. The Bertz CT molecular complexity index is 584. The summed E-state index contributed by atoms with van der Waals surface area (Å²) in [7, 11) is 0. The number of hydrogen-bond donors (Lipinski definition) is 2. The molecule has 0 saturated heterocycles. The lowest BCUT2D eigenvalue weighted by molar-refractivity contribution is 0.0683. The fourth-order valence-corrected chi connectivity index (χ4v) is 2.08. The fourth-order valence-electron chi connectivity index (χ4n) is 2.08. The second-order valence-electron chi connectivity index (χ2n) is 4.42. The maximum atomic E-state index is 11.2. The number of phenols is 1. The Labute approximate surface area is 105 Å². The zero-order valence-electron chi connectivity index (χ0n) is 10.3. The Morgan fingerprint density at radius 1 is 1.22 bits per heavy atom. The first-order chi connectivity index (χ1) is 8.50. The summed E-state index contributed by atoms with van der Waals surface area (Å²) in [4.78, 5) is 11.2. The third-order valence-electron chi connectivity index (χ3n) is 2.80. The van der Waals surface area contributed by atoms with Crippen molar-refractivity contribution in [3.63, 3.8) is 0 Å². The van der Waals surface area contributed by atoms with Gasteiger partial charge in [0, 0.05) is 17.3 Å². The highest BCUT2D eigenvalue weighted by molar-refractivity contribution is 5.87. The summed E-state index contributed by atoms with van der Waals surface area (Å²) in [6, 6.07) is 10.2. The van der Waals surface area contributed by atoms with Crippen LogP contribution in [0.5, 0.6) is 5.75 Å². The minimum absolute atomic E-state index is 0.0310. The largest absolute Gasteiger partial charge is 0.508 e. The summed E-state index contributed by atoms with van der Waals surface area (Å²) in [6.07, 6.45) is 0. The van der Waals surface area contributed by atoms with Crippen LogP contribution in [0.3, 0.4) is 0 Å². The number of carbonyl (C=O) groups is 1. The first kappa shape index (κ1) is 12.2. The molecule has 94 valence electrons. The van der Waals surface area contributed by atoms with Gasteiger partial charge in [-0.25, -0.2) is 4.79 Å². The van der Waals surface area contributed by atoms with Gasteiger partial charge in [0.15, 0.2) is 0 Å². The van der Waals surface area contributed by atoms with Crippen molar-refractivity contribution in [3.05, 3.63) is 42.1 Å². The average Bonchev–Trinajstić information content (AvgIpc) is 2.73. The number of aromatic hydroxyl groups is 1. The van der Waals surface area contributed by atoms with Crippen LogP contribution in [0.4, 0.5) is 0 Å². The van der Waals surface area contributed by atoms with E-state index in [2.05, 4.69) is 0 Å². The van der Waals surface area contributed by atoms with Crippen molar-refractivity contribution in [1.29, 1.82) is 0 Å². The van der Waals surface area contributed by atoms with Gasteiger partial charge in [0.05, 0.1) is 0 Å². The van der Waals surface area contributed by atoms with Gasteiger partial charge in [-0.05, 0) is 38.1 Å². The molecule has 2 aromatic rings. The van der Waals surface area contributed by atoms with E-state index >= 15 is 0 Å². The number of aromatic carboxylic acids is 1. The molecular formula is C14H15NO3. The number of nitrogens with zero attached hydrogens (tertiary/aromatic N) is 1. The molecule has 2 N–H and O–H groups in total. The van der Waals surface area contributed by atoms with Crippen molar-refractivity contribution < 1.29 is 15.0 Å². The Kier molecular flexibility index (Phi) is 3.10. The monoisotopic (exact) mass is 245 g/mol. The lowest BCUT2D eigenvalue weighted by Gasteiger charge is -2.15. The van der Waals surface area contributed by atoms with Gasteiger partial charge in [-0.2, -0.15) is 0 Å². The van der Waals surface area contributed by atoms with E-state index in [4.69, 9.17) is 5.11 Å². The minimum Gasteiger partial charge on any atom is -0.508 e. The first-order valence-corrected chi connectivity index (χ1v) is 5.74. The van der Waals surface area contributed by atoms with Crippen molar-refractivity contribution in [3.8, 4) is 17.0 Å². The number of hydrogen-bond acceptors (Lipinski definition) is 2. The third-order valence-corrected chi connectivity index (χ3v) is 2.80. The van der Waals surface area contributed by atoms with Gasteiger partial charge in [-0.15, -0.1) is 0 Å². The fraction of sp³-hybridized carbons (Fsp3) is 0.214. The topological polar surface area (TPSA) is 62.5 Å². The molecule has 0 bridgehead atoms. The highest BCUT2D eigenvalue weighted by Crippen LogP contribution is 2.28. The summed E-state index contributed by atoms with van der Waals surface area (Å²) in [5.74, 6) is -0.781. The molecule has 0 unspecified atom stereocenters. The van der Waals surface area contributed by atoms with Crippen LogP contribution >= 0.6 is 0 Å². The molecule has 4 heteroatoms. The highest BCUT2D eigenvalue weighted by Gasteiger charge is 2.17. The quantitative estimate of drug-likeness (QED) is 0.873. The second kappa shape index (κ2) is 4.56. The van der Waals surface area contributed by atoms with Crippen LogP contribution in [-0.2, 0) is 0 Å². The summed E-state index contributed by atoms with van der Waals surface area (Å²) in [5.41, 5.74) is 1.85. The molecule has 0 saturated carbocycles. The first-order valence-electron chi connectivity index (χ1n) is 5.74. The number of benzene rings is 1. The molecule has 0 aliphatic heterocycles. The van der Waals surface area contributed by atoms with Crippen molar-refractivity contribution in [1.82, 2.24) is 4.57 Å². The molecule has 0 spiro atoms. The normalized spacial score (nSPS) is 10.8. The van der Waals surface area contributed by atoms with E-state index in [0.29, 0.717) is 0 Å². The molecule has 1 heterocycles. The molecule has 2 rings (SSSR count). The molecule has 0 aliphatic carbocycles. The van der Waals surface area contributed by atoms with Gasteiger partial charge in [-0.1, -0.05) is 12.1 Å². The van der Waals surface area contributed by atoms with Crippen LogP contribution in [0.25, 0.3) is 11.3 Å². The van der Waals surface area contributed by atoms with Gasteiger partial charge >= 0.3 is 5.97 Å². The van der Waals surface area contributed by atoms with Gasteiger partial charge in [-0.3, -0.25) is 0 Å². The van der Waals surface area contributed by atoms with Crippen molar-refractivity contribution in [2.24, 2.45) is 0 Å². The van der Waals surface area contributed by atoms with Crippen LogP contribution in [0, 0.1) is 0 Å². The predicted molar refractivity (Wildman–Crippen MR) is 68.9 cm³/mol. The van der Waals surface area contributed by atoms with Gasteiger partial charge in [0.2, 0.25) is 0 Å². The standard InChI is InChI=1S/C14H15NO3/c1-9(2)15-12(6-7-13(15)14(17)18)10-4-3-5-11(16)8-10/h3-9,16H,1-2H3,(H,17,18). The number of rotatable bonds is 3. The smallest absolute Gasteiger partial charge is 0.352 e. The summed E-state index contributed by atoms with van der Waals surface area (Å²) < 4.78 is 1.75. The van der Waals surface area contributed by atoms with Crippen LogP contribution in [0.15, 0.2) is 36.4 Å². The summed E-state index contributed by atoms with van der Waals surface area (Å²) in [6.45, 7) is 3.86. The Balaban J connectivity index is 2.61. The van der Waals surface area contributed by atoms with E-state index in [1.165, 1.54) is 0 Å². The van der Waals surface area contributed by atoms with Crippen molar-refractivity contribution in [2.75, 3.05) is 0 Å². The minimum atomic E-state index is -0.949. The summed E-state index contributed by atoms with van der Waals surface area (Å²) >= 11 is 0. The SMILES string of the molecule is CC(C)n1c(C(=O)O)ccc1-c1cccc(O)c1. The predicted octanol–water partition coefficient (Wildman–Crippen LogP) is 3.14. The van der Waals surface area contributed by atoms with Gasteiger partial charge in [0.1, 0.15) is 11.4 Å². The Morgan fingerprint density at radius 3 is 2.50 bits per heavy atom. The van der Waals surface area contributed by atoms with E-state index in [9.17, 15) is 9.90 Å². The van der Waals surface area contributed by atoms with Crippen LogP contribution in [-0.4, -0.2) is 20.7 Å². The zero-order valence-corrected chi connectivity index (χ0v) is 10.3. The Hall–Kier alpha value is -2.23. The van der Waals surface area contributed by atoms with E-state index in [1.54, 1.807) is 34.9 Å². The van der Waals surface area contributed by atoms with Crippen LogP contribution < -0.4 is 0 Å². The van der Waals surface area contributed by atoms with E-state index in [1.807, 2.05) is 19.9 Å². The van der Waals surface area contributed by atoms with Crippen molar-refractivity contribution in [2.45, 2.75) is 19.9 Å². The number of aromatic nitrogens is 1. The second-order valence-corrected chi connectivity index (χ2v) is 4.42. The molecule has 18 heavy (non-hydrogen) atoms. The molecule has 0 radical (unpaired) electrons. The van der Waals surface area contributed by atoms with Crippen LogP contribution in [0.1, 0.15) is 30.4 Å². The average molecular weight is 245 g/mol. The number of phenolic OH excluding ortho intramolecular Hbond substituents is 1. The zero-order chi connectivity index (χ0) is 13.3. The van der Waals surface area contributed by atoms with E-state index in [-0.39, 0.29) is 17.5 Å². The van der Waals surface area contributed by atoms with Gasteiger partial charge < -0.3 is 14.8 Å². The maximum absolute atomic E-state index is 11.2.